The first-order valence-electron chi connectivity index (χ1n) is 6.15. The van der Waals surface area contributed by atoms with E-state index in [9.17, 15) is 0 Å². The third-order valence-corrected chi connectivity index (χ3v) is 9.85. The molecule has 0 aromatic heterocycles. The Morgan fingerprint density at radius 1 is 0.833 bits per heavy atom. The van der Waals surface area contributed by atoms with Gasteiger partial charge in [0.15, 0.2) is 0 Å². The van der Waals surface area contributed by atoms with Crippen molar-refractivity contribution < 1.29 is 0 Å². The molecule has 96 valence electrons. The van der Waals surface area contributed by atoms with Gasteiger partial charge < -0.3 is 0 Å². The summed E-state index contributed by atoms with van der Waals surface area (Å²) in [5, 5.41) is 6.25. The first-order chi connectivity index (χ1) is 8.83. The zero-order valence-corrected chi connectivity index (χ0v) is 13.7. The molecule has 0 fully saturated rings. The van der Waals surface area contributed by atoms with Gasteiger partial charge in [-0.3, -0.25) is 0 Å². The predicted octanol–water partition coefficient (Wildman–Crippen LogP) is 4.89. The Hall–Kier alpha value is -0.162. The quantitative estimate of drug-likeness (QED) is 0.517. The molecule has 2 aromatic rings. The predicted molar refractivity (Wildman–Crippen MR) is 84.5 cm³/mol. The monoisotopic (exact) mass is 342 g/mol. The third kappa shape index (κ3) is 3.92. The summed E-state index contributed by atoms with van der Waals surface area (Å²) in [5.41, 5.74) is 1.45. The van der Waals surface area contributed by atoms with E-state index in [1.165, 1.54) is 32.0 Å². The van der Waals surface area contributed by atoms with Gasteiger partial charge in [-0.05, 0) is 0 Å². The van der Waals surface area contributed by atoms with Crippen molar-refractivity contribution in [1.29, 1.82) is 0 Å². The molecule has 0 heterocycles. The molecule has 0 saturated carbocycles. The summed E-state index contributed by atoms with van der Waals surface area (Å²) in [6.45, 7) is 0. The van der Waals surface area contributed by atoms with E-state index < -0.39 is 14.7 Å². The van der Waals surface area contributed by atoms with Gasteiger partial charge in [0, 0.05) is 0 Å². The molecular formula is C15H17AsCl2. The van der Waals surface area contributed by atoms with Crippen LogP contribution in [-0.2, 0) is 5.21 Å². The third-order valence-electron chi connectivity index (χ3n) is 3.02. The van der Waals surface area contributed by atoms with Crippen LogP contribution in [0.2, 0.25) is 10.4 Å². The van der Waals surface area contributed by atoms with E-state index in [2.05, 4.69) is 42.5 Å². The van der Waals surface area contributed by atoms with Crippen LogP contribution in [-0.4, -0.2) is 26.4 Å². The summed E-state index contributed by atoms with van der Waals surface area (Å²) < 4.78 is 0. The second-order valence-corrected chi connectivity index (χ2v) is 10.4. The van der Waals surface area contributed by atoms with E-state index in [4.69, 9.17) is 23.2 Å². The number of halogens is 2. The van der Waals surface area contributed by atoms with Gasteiger partial charge in [0.05, 0.1) is 0 Å². The summed E-state index contributed by atoms with van der Waals surface area (Å²) in [6, 6.07) is 15.3. The molecule has 0 amide bonds. The second kappa shape index (κ2) is 7.43. The zero-order valence-electron chi connectivity index (χ0n) is 10.3. The zero-order chi connectivity index (χ0) is 12.8. The molecule has 2 aromatic carbocycles. The normalized spacial score (nSPS) is 11.3. The molecule has 0 N–H and O–H groups in total. The van der Waals surface area contributed by atoms with Crippen LogP contribution in [0.5, 0.6) is 0 Å². The van der Waals surface area contributed by atoms with E-state index in [1.54, 1.807) is 0 Å². The van der Waals surface area contributed by atoms with Crippen molar-refractivity contribution in [2.24, 2.45) is 0 Å². The molecule has 2 rings (SSSR count). The van der Waals surface area contributed by atoms with Crippen molar-refractivity contribution >= 4 is 48.6 Å². The van der Waals surface area contributed by atoms with Crippen molar-refractivity contribution in [2.45, 2.75) is 15.6 Å². The molecule has 0 spiro atoms. The van der Waals surface area contributed by atoms with Crippen LogP contribution >= 0.6 is 23.2 Å². The molecule has 0 aliphatic heterocycles. The fourth-order valence-corrected chi connectivity index (χ4v) is 8.22. The van der Waals surface area contributed by atoms with E-state index >= 15 is 0 Å². The Balaban J connectivity index is 2.14. The maximum atomic E-state index is 5.89. The van der Waals surface area contributed by atoms with Gasteiger partial charge >= 0.3 is 124 Å². The van der Waals surface area contributed by atoms with E-state index in [0.29, 0.717) is 0 Å². The van der Waals surface area contributed by atoms with Gasteiger partial charge in [-0.1, -0.05) is 0 Å². The van der Waals surface area contributed by atoms with Crippen LogP contribution in [0, 0.1) is 0 Å². The van der Waals surface area contributed by atoms with Gasteiger partial charge in [0.25, 0.3) is 0 Å². The van der Waals surface area contributed by atoms with Crippen LogP contribution < -0.4 is 0 Å². The van der Waals surface area contributed by atoms with Crippen LogP contribution in [0.4, 0.5) is 0 Å². The van der Waals surface area contributed by atoms with Crippen molar-refractivity contribution in [3.05, 3.63) is 48.0 Å². The van der Waals surface area contributed by atoms with E-state index in [0.717, 1.165) is 11.8 Å². The average molecular weight is 343 g/mol. The minimum atomic E-state index is -0.875. The van der Waals surface area contributed by atoms with E-state index in [-0.39, 0.29) is 0 Å². The van der Waals surface area contributed by atoms with Gasteiger partial charge in [-0.2, -0.15) is 0 Å². The molecule has 0 bridgehead atoms. The SMILES string of the molecule is ClCC[As](CCCl)Cc1ccc2ccccc2c1. The Morgan fingerprint density at radius 2 is 1.50 bits per heavy atom. The summed E-state index contributed by atoms with van der Waals surface area (Å²) in [6.07, 6.45) is 0. The van der Waals surface area contributed by atoms with Gasteiger partial charge in [0.1, 0.15) is 0 Å². The molecule has 0 radical (unpaired) electrons. The molecule has 0 aliphatic rings. The Kier molecular flexibility index (Phi) is 5.89. The summed E-state index contributed by atoms with van der Waals surface area (Å²) in [4.78, 5) is 0. The first kappa shape index (κ1) is 14.3. The number of rotatable bonds is 6. The second-order valence-electron chi connectivity index (χ2n) is 4.34. The fraction of sp³-hybridized carbons (Fsp3) is 0.333. The molecular weight excluding hydrogens is 326 g/mol. The molecule has 0 aliphatic carbocycles. The van der Waals surface area contributed by atoms with Crippen molar-refractivity contribution in [3.8, 4) is 0 Å². The number of benzene rings is 2. The van der Waals surface area contributed by atoms with Crippen LogP contribution in [0.1, 0.15) is 5.56 Å². The average Bonchev–Trinajstić information content (AvgIpc) is 2.39. The van der Waals surface area contributed by atoms with Gasteiger partial charge in [-0.15, -0.1) is 0 Å². The van der Waals surface area contributed by atoms with E-state index in [1.807, 2.05) is 0 Å². The molecule has 0 atom stereocenters. The van der Waals surface area contributed by atoms with Crippen LogP contribution in [0.15, 0.2) is 42.5 Å². The van der Waals surface area contributed by atoms with Gasteiger partial charge in [-0.25, -0.2) is 0 Å². The summed E-state index contributed by atoms with van der Waals surface area (Å²) >= 11 is 10.9. The topological polar surface area (TPSA) is 0 Å². The Morgan fingerprint density at radius 3 is 2.17 bits per heavy atom. The number of hydrogen-bond acceptors (Lipinski definition) is 0. The van der Waals surface area contributed by atoms with Crippen molar-refractivity contribution in [3.63, 3.8) is 0 Å². The number of fused-ring (bicyclic) bond motifs is 1. The molecule has 0 saturated heterocycles. The van der Waals surface area contributed by atoms with Crippen LogP contribution in [0.25, 0.3) is 10.8 Å². The number of alkyl halides is 2. The summed E-state index contributed by atoms with van der Waals surface area (Å²) in [7, 11) is 0. The van der Waals surface area contributed by atoms with Crippen molar-refractivity contribution in [2.75, 3.05) is 11.8 Å². The first-order valence-corrected chi connectivity index (χ1v) is 11.2. The van der Waals surface area contributed by atoms with Gasteiger partial charge in [0.2, 0.25) is 0 Å². The van der Waals surface area contributed by atoms with Crippen molar-refractivity contribution in [1.82, 2.24) is 0 Å². The molecule has 0 unspecified atom stereocenters. The Labute approximate surface area is 124 Å². The Bertz CT molecular complexity index is 493. The standard InChI is InChI=1S/C15H17AsCl2/c17-9-7-16(8-10-18)12-13-5-6-14-3-1-2-4-15(14)11-13/h1-6,11H,7-10,12H2. The fourth-order valence-electron chi connectivity index (χ4n) is 2.10. The molecule has 3 heteroatoms. The van der Waals surface area contributed by atoms with Crippen LogP contribution in [0.3, 0.4) is 0 Å². The number of hydrogen-bond donors (Lipinski definition) is 0. The molecule has 0 nitrogen and oxygen atoms in total. The summed E-state index contributed by atoms with van der Waals surface area (Å²) in [5.74, 6) is 1.56. The maximum absolute atomic E-state index is 5.89. The molecule has 18 heavy (non-hydrogen) atoms. The minimum absolute atomic E-state index is 0.782.